The van der Waals surface area contributed by atoms with Crippen LogP contribution in [-0.2, 0) is 11.4 Å². The van der Waals surface area contributed by atoms with E-state index in [-0.39, 0.29) is 0 Å². The Balaban J connectivity index is 1.71. The number of hydrogen-bond acceptors (Lipinski definition) is 3. The molecule has 3 rings (SSSR count). The van der Waals surface area contributed by atoms with Gasteiger partial charge < -0.3 is 9.68 Å². The predicted molar refractivity (Wildman–Crippen MR) is 96.0 cm³/mol. The predicted octanol–water partition coefficient (Wildman–Crippen LogP) is 3.86. The van der Waals surface area contributed by atoms with Crippen LogP contribution in [0.3, 0.4) is 0 Å². The van der Waals surface area contributed by atoms with Crippen LogP contribution in [0.1, 0.15) is 11.1 Å². The van der Waals surface area contributed by atoms with Gasteiger partial charge in [0.05, 0.1) is 17.9 Å². The van der Waals surface area contributed by atoms with Gasteiger partial charge in [0.25, 0.3) is 0 Å². The van der Waals surface area contributed by atoms with E-state index in [2.05, 4.69) is 39.9 Å². The molecule has 112 valence electrons. The molecule has 2 aromatic carbocycles. The molecule has 5 heteroatoms. The Kier molecular flexibility index (Phi) is 4.62. The van der Waals surface area contributed by atoms with Crippen LogP contribution < -0.4 is 4.84 Å². The molecular weight excluding hydrogens is 391 g/mol. The fourth-order valence-corrected chi connectivity index (χ4v) is 2.58. The lowest BCUT2D eigenvalue weighted by molar-refractivity contribution is 0.132. The van der Waals surface area contributed by atoms with E-state index in [1.165, 1.54) is 3.57 Å². The van der Waals surface area contributed by atoms with Crippen molar-refractivity contribution in [3.05, 3.63) is 69.4 Å². The molecule has 0 N–H and O–H groups in total. The molecule has 1 heterocycles. The summed E-state index contributed by atoms with van der Waals surface area (Å²) in [6.07, 6.45) is 3.60. The van der Waals surface area contributed by atoms with E-state index >= 15 is 0 Å². The van der Waals surface area contributed by atoms with E-state index in [0.717, 1.165) is 22.0 Å². The number of oxime groups is 1. The molecule has 4 nitrogen and oxygen atoms in total. The molecule has 0 bridgehead atoms. The van der Waals surface area contributed by atoms with Gasteiger partial charge in [0.15, 0.2) is 0 Å². The van der Waals surface area contributed by atoms with Crippen LogP contribution in [-0.4, -0.2) is 18.1 Å². The molecule has 0 radical (unpaired) electrons. The van der Waals surface area contributed by atoms with Gasteiger partial charge in [-0.3, -0.25) is 0 Å². The zero-order valence-electron chi connectivity index (χ0n) is 12.1. The molecule has 0 atom stereocenters. The Morgan fingerprint density at radius 1 is 1.14 bits per heavy atom. The third-order valence-corrected chi connectivity index (χ3v) is 4.04. The lowest BCUT2D eigenvalue weighted by atomic mass is 10.2. The molecule has 0 aliphatic carbocycles. The average molecular weight is 406 g/mol. The van der Waals surface area contributed by atoms with Gasteiger partial charge in [-0.05, 0) is 46.4 Å². The SMILES string of the molecule is COn1cc(/C=N/OCc2ccc(I)cc2)c2ccccc21. The number of halogens is 1. The zero-order chi connectivity index (χ0) is 15.4. The van der Waals surface area contributed by atoms with Crippen molar-refractivity contribution in [1.29, 1.82) is 0 Å². The molecule has 0 spiro atoms. The number of aromatic nitrogens is 1. The molecule has 22 heavy (non-hydrogen) atoms. The maximum atomic E-state index is 5.37. The van der Waals surface area contributed by atoms with Crippen LogP contribution in [0.2, 0.25) is 0 Å². The van der Waals surface area contributed by atoms with Crippen molar-refractivity contribution < 1.29 is 9.68 Å². The van der Waals surface area contributed by atoms with Crippen molar-refractivity contribution in [1.82, 2.24) is 4.73 Å². The molecule has 3 aromatic rings. The molecule has 0 amide bonds. The first-order valence-corrected chi connectivity index (χ1v) is 7.90. The topological polar surface area (TPSA) is 35.8 Å². The Labute approximate surface area is 142 Å². The van der Waals surface area contributed by atoms with Crippen molar-refractivity contribution in [2.45, 2.75) is 6.61 Å². The van der Waals surface area contributed by atoms with Gasteiger partial charge in [0, 0.05) is 14.5 Å². The van der Waals surface area contributed by atoms with Gasteiger partial charge in [-0.25, -0.2) is 0 Å². The van der Waals surface area contributed by atoms with E-state index in [1.807, 2.05) is 42.6 Å². The first-order chi connectivity index (χ1) is 10.8. The molecule has 0 aliphatic heterocycles. The van der Waals surface area contributed by atoms with Crippen molar-refractivity contribution in [2.75, 3.05) is 7.11 Å². The van der Waals surface area contributed by atoms with Crippen molar-refractivity contribution in [3.63, 3.8) is 0 Å². The Morgan fingerprint density at radius 2 is 1.91 bits per heavy atom. The largest absolute Gasteiger partial charge is 0.417 e. The number of para-hydroxylation sites is 1. The highest BCUT2D eigenvalue weighted by molar-refractivity contribution is 14.1. The highest BCUT2D eigenvalue weighted by Crippen LogP contribution is 2.18. The second-order valence-corrected chi connectivity index (χ2v) is 5.99. The molecule has 0 fully saturated rings. The van der Waals surface area contributed by atoms with E-state index in [4.69, 9.17) is 9.68 Å². The van der Waals surface area contributed by atoms with Crippen LogP contribution >= 0.6 is 22.6 Å². The first kappa shape index (κ1) is 14.9. The Hall–Kier alpha value is -2.02. The average Bonchev–Trinajstić information content (AvgIpc) is 2.91. The minimum atomic E-state index is 0.455. The fraction of sp³-hybridized carbons (Fsp3) is 0.118. The quantitative estimate of drug-likeness (QED) is 0.367. The van der Waals surface area contributed by atoms with Crippen molar-refractivity contribution in [3.8, 4) is 0 Å². The maximum Gasteiger partial charge on any atom is 0.142 e. The van der Waals surface area contributed by atoms with Crippen LogP contribution in [0, 0.1) is 3.57 Å². The summed E-state index contributed by atoms with van der Waals surface area (Å²) in [6, 6.07) is 16.2. The van der Waals surface area contributed by atoms with Gasteiger partial charge >= 0.3 is 0 Å². The normalized spacial score (nSPS) is 11.2. The van der Waals surface area contributed by atoms with Gasteiger partial charge in [-0.15, -0.1) is 0 Å². The molecule has 0 unspecified atom stereocenters. The van der Waals surface area contributed by atoms with E-state index in [9.17, 15) is 0 Å². The Morgan fingerprint density at radius 3 is 2.68 bits per heavy atom. The molecule has 0 saturated carbocycles. The summed E-state index contributed by atoms with van der Waals surface area (Å²) >= 11 is 2.28. The van der Waals surface area contributed by atoms with Crippen molar-refractivity contribution in [2.24, 2.45) is 5.16 Å². The fourth-order valence-electron chi connectivity index (χ4n) is 2.22. The number of benzene rings is 2. The third-order valence-electron chi connectivity index (χ3n) is 3.32. The van der Waals surface area contributed by atoms with Gasteiger partial charge in [-0.1, -0.05) is 35.5 Å². The minimum absolute atomic E-state index is 0.455. The van der Waals surface area contributed by atoms with Gasteiger partial charge in [-0.2, -0.15) is 4.73 Å². The summed E-state index contributed by atoms with van der Waals surface area (Å²) in [5, 5.41) is 5.14. The summed E-state index contributed by atoms with van der Waals surface area (Å²) in [4.78, 5) is 10.7. The summed E-state index contributed by atoms with van der Waals surface area (Å²) in [6.45, 7) is 0.455. The summed E-state index contributed by atoms with van der Waals surface area (Å²) in [5.41, 5.74) is 3.06. The third kappa shape index (κ3) is 3.24. The maximum absolute atomic E-state index is 5.37. The van der Waals surface area contributed by atoms with E-state index in [1.54, 1.807) is 18.1 Å². The van der Waals surface area contributed by atoms with Crippen LogP contribution in [0.5, 0.6) is 0 Å². The summed E-state index contributed by atoms with van der Waals surface area (Å²) in [7, 11) is 1.64. The van der Waals surface area contributed by atoms with E-state index < -0.39 is 0 Å². The monoisotopic (exact) mass is 406 g/mol. The minimum Gasteiger partial charge on any atom is -0.417 e. The molecule has 0 saturated heterocycles. The summed E-state index contributed by atoms with van der Waals surface area (Å²) < 4.78 is 2.92. The number of rotatable bonds is 5. The molecule has 0 aliphatic rings. The summed E-state index contributed by atoms with van der Waals surface area (Å²) in [5.74, 6) is 0. The van der Waals surface area contributed by atoms with Gasteiger partial charge in [0.2, 0.25) is 0 Å². The van der Waals surface area contributed by atoms with E-state index in [0.29, 0.717) is 6.61 Å². The zero-order valence-corrected chi connectivity index (χ0v) is 14.2. The van der Waals surface area contributed by atoms with Crippen LogP contribution in [0.15, 0.2) is 59.9 Å². The number of hydrogen-bond donors (Lipinski definition) is 0. The van der Waals surface area contributed by atoms with Crippen LogP contribution in [0.25, 0.3) is 10.9 Å². The first-order valence-electron chi connectivity index (χ1n) is 6.82. The molecular formula is C17H15IN2O2. The standard InChI is InChI=1S/C17H15IN2O2/c1-21-20-11-14(16-4-2-3-5-17(16)20)10-19-22-12-13-6-8-15(18)9-7-13/h2-11H,12H2,1H3/b19-10+. The lowest BCUT2D eigenvalue weighted by Crippen LogP contribution is -2.02. The molecule has 1 aromatic heterocycles. The van der Waals surface area contributed by atoms with Crippen molar-refractivity contribution >= 4 is 39.7 Å². The number of fused-ring (bicyclic) bond motifs is 1. The number of nitrogens with zero attached hydrogens (tertiary/aromatic N) is 2. The highest BCUT2D eigenvalue weighted by atomic mass is 127. The highest BCUT2D eigenvalue weighted by Gasteiger charge is 2.06. The smallest absolute Gasteiger partial charge is 0.142 e. The second kappa shape index (κ2) is 6.83. The lowest BCUT2D eigenvalue weighted by Gasteiger charge is -1.99. The van der Waals surface area contributed by atoms with Crippen LogP contribution in [0.4, 0.5) is 0 Å². The second-order valence-electron chi connectivity index (χ2n) is 4.74. The van der Waals surface area contributed by atoms with Gasteiger partial charge in [0.1, 0.15) is 13.7 Å². The Bertz CT molecular complexity index is 794.